The number of hydrogen-bond donors (Lipinski definition) is 2. The fraction of sp³-hybridized carbons (Fsp3) is 0.429. The summed E-state index contributed by atoms with van der Waals surface area (Å²) in [5.41, 5.74) is 6.49. The molecule has 2 rings (SSSR count). The standard InChI is InChI=1S/C7H11N5/c1-2-12-4-10-5-3-9-7(8)11-6(5)12/h4H,2-3H2,1H3,(H3,8,9,11). The lowest BCUT2D eigenvalue weighted by atomic mass is 10.4. The maximum absolute atomic E-state index is 5.53. The van der Waals surface area contributed by atoms with E-state index in [0.717, 1.165) is 18.1 Å². The number of aliphatic imine (C=N–C) groups is 1. The zero-order chi connectivity index (χ0) is 8.55. The summed E-state index contributed by atoms with van der Waals surface area (Å²) in [6.45, 7) is 3.60. The zero-order valence-electron chi connectivity index (χ0n) is 6.91. The Bertz CT molecular complexity index is 325. The highest BCUT2D eigenvalue weighted by Gasteiger charge is 2.13. The van der Waals surface area contributed by atoms with Crippen LogP contribution in [0.5, 0.6) is 0 Å². The second-order valence-electron chi connectivity index (χ2n) is 2.65. The van der Waals surface area contributed by atoms with Gasteiger partial charge in [0, 0.05) is 6.54 Å². The van der Waals surface area contributed by atoms with E-state index in [2.05, 4.69) is 22.2 Å². The summed E-state index contributed by atoms with van der Waals surface area (Å²) >= 11 is 0. The van der Waals surface area contributed by atoms with Crippen LogP contribution >= 0.6 is 0 Å². The Balaban J connectivity index is 2.49. The molecule has 12 heavy (non-hydrogen) atoms. The van der Waals surface area contributed by atoms with Gasteiger partial charge in [0.05, 0.1) is 12.9 Å². The fourth-order valence-electron chi connectivity index (χ4n) is 1.23. The third-order valence-electron chi connectivity index (χ3n) is 1.89. The van der Waals surface area contributed by atoms with Crippen molar-refractivity contribution in [1.82, 2.24) is 14.9 Å². The van der Waals surface area contributed by atoms with Gasteiger partial charge in [-0.1, -0.05) is 0 Å². The molecule has 0 saturated heterocycles. The molecule has 0 unspecified atom stereocenters. The smallest absolute Gasteiger partial charge is 0.195 e. The van der Waals surface area contributed by atoms with Crippen LogP contribution in [-0.2, 0) is 13.1 Å². The Hall–Kier alpha value is -1.52. The SMILES string of the molecule is CCn1cnc2c1N=C(N)NC2. The van der Waals surface area contributed by atoms with Crippen LogP contribution in [0.2, 0.25) is 0 Å². The van der Waals surface area contributed by atoms with Crippen LogP contribution in [0.15, 0.2) is 11.3 Å². The highest BCUT2D eigenvalue weighted by molar-refractivity contribution is 5.82. The predicted octanol–water partition coefficient (Wildman–Crippen LogP) is -0.0476. The molecule has 0 aromatic carbocycles. The summed E-state index contributed by atoms with van der Waals surface area (Å²) in [5.74, 6) is 1.35. The second-order valence-corrected chi connectivity index (χ2v) is 2.65. The molecule has 1 aliphatic heterocycles. The van der Waals surface area contributed by atoms with E-state index in [0.29, 0.717) is 12.5 Å². The van der Waals surface area contributed by atoms with E-state index in [4.69, 9.17) is 5.73 Å². The van der Waals surface area contributed by atoms with Gasteiger partial charge in [-0.05, 0) is 6.92 Å². The molecule has 0 aliphatic carbocycles. The number of fused-ring (bicyclic) bond motifs is 1. The molecule has 3 N–H and O–H groups in total. The predicted molar refractivity (Wildman–Crippen MR) is 46.0 cm³/mol. The first-order valence-corrected chi connectivity index (χ1v) is 3.93. The number of nitrogens with two attached hydrogens (primary N) is 1. The number of nitrogens with one attached hydrogen (secondary N) is 1. The van der Waals surface area contributed by atoms with E-state index in [1.165, 1.54) is 0 Å². The summed E-state index contributed by atoms with van der Waals surface area (Å²) in [5, 5.41) is 2.93. The summed E-state index contributed by atoms with van der Waals surface area (Å²) < 4.78 is 1.98. The quantitative estimate of drug-likeness (QED) is 0.613. The molecule has 64 valence electrons. The first kappa shape index (κ1) is 7.15. The zero-order valence-corrected chi connectivity index (χ0v) is 6.91. The molecule has 1 aliphatic rings. The molecule has 1 aromatic heterocycles. The van der Waals surface area contributed by atoms with Crippen LogP contribution < -0.4 is 11.1 Å². The summed E-state index contributed by atoms with van der Waals surface area (Å²) in [6.07, 6.45) is 1.79. The number of imidazole rings is 1. The number of aromatic nitrogens is 2. The molecule has 0 fully saturated rings. The van der Waals surface area contributed by atoms with Crippen LogP contribution in [0.1, 0.15) is 12.6 Å². The molecule has 5 heteroatoms. The van der Waals surface area contributed by atoms with Crippen molar-refractivity contribution in [3.8, 4) is 0 Å². The number of aryl methyl sites for hydroxylation is 1. The van der Waals surface area contributed by atoms with Gasteiger partial charge in [0.15, 0.2) is 11.8 Å². The minimum atomic E-state index is 0.470. The van der Waals surface area contributed by atoms with E-state index >= 15 is 0 Å². The molecule has 1 aromatic rings. The van der Waals surface area contributed by atoms with Gasteiger partial charge in [0.25, 0.3) is 0 Å². The third kappa shape index (κ3) is 0.939. The lowest BCUT2D eigenvalue weighted by Gasteiger charge is -2.11. The van der Waals surface area contributed by atoms with Gasteiger partial charge in [0.2, 0.25) is 0 Å². The molecule has 0 bridgehead atoms. The van der Waals surface area contributed by atoms with Crippen molar-refractivity contribution in [3.63, 3.8) is 0 Å². The van der Waals surface area contributed by atoms with E-state index in [1.807, 2.05) is 4.57 Å². The van der Waals surface area contributed by atoms with Crippen molar-refractivity contribution in [1.29, 1.82) is 0 Å². The lowest BCUT2D eigenvalue weighted by Crippen LogP contribution is -2.33. The summed E-state index contributed by atoms with van der Waals surface area (Å²) in [7, 11) is 0. The van der Waals surface area contributed by atoms with Crippen LogP contribution in [0.3, 0.4) is 0 Å². The monoisotopic (exact) mass is 165 g/mol. The van der Waals surface area contributed by atoms with Crippen LogP contribution in [0.25, 0.3) is 0 Å². The lowest BCUT2D eigenvalue weighted by molar-refractivity contribution is 0.755. The average Bonchev–Trinajstić information content (AvgIpc) is 2.46. The Labute approximate surface area is 70.3 Å². The average molecular weight is 165 g/mol. The highest BCUT2D eigenvalue weighted by atomic mass is 15.2. The molecular formula is C7H11N5. The van der Waals surface area contributed by atoms with Gasteiger partial charge in [-0.15, -0.1) is 0 Å². The molecule has 2 heterocycles. The largest absolute Gasteiger partial charge is 0.370 e. The summed E-state index contributed by atoms with van der Waals surface area (Å²) in [6, 6.07) is 0. The molecular weight excluding hydrogens is 154 g/mol. The van der Waals surface area contributed by atoms with E-state index < -0.39 is 0 Å². The van der Waals surface area contributed by atoms with Crippen molar-refractivity contribution in [3.05, 3.63) is 12.0 Å². The van der Waals surface area contributed by atoms with Crippen molar-refractivity contribution in [2.24, 2.45) is 10.7 Å². The Morgan fingerprint density at radius 3 is 3.33 bits per heavy atom. The fourth-order valence-corrected chi connectivity index (χ4v) is 1.23. The van der Waals surface area contributed by atoms with Crippen molar-refractivity contribution >= 4 is 11.8 Å². The van der Waals surface area contributed by atoms with Crippen molar-refractivity contribution in [2.75, 3.05) is 0 Å². The molecule has 0 atom stereocenters. The normalized spacial score (nSPS) is 14.9. The molecule has 5 nitrogen and oxygen atoms in total. The summed E-state index contributed by atoms with van der Waals surface area (Å²) in [4.78, 5) is 8.36. The first-order chi connectivity index (χ1) is 5.81. The minimum absolute atomic E-state index is 0.470. The number of nitrogens with zero attached hydrogens (tertiary/aromatic N) is 3. The maximum Gasteiger partial charge on any atom is 0.195 e. The van der Waals surface area contributed by atoms with Gasteiger partial charge < -0.3 is 15.6 Å². The van der Waals surface area contributed by atoms with Gasteiger partial charge >= 0.3 is 0 Å². The molecule has 0 amide bonds. The van der Waals surface area contributed by atoms with Gasteiger partial charge in [-0.25, -0.2) is 4.98 Å². The molecule has 0 radical (unpaired) electrons. The number of hydrogen-bond acceptors (Lipinski definition) is 4. The van der Waals surface area contributed by atoms with E-state index in [1.54, 1.807) is 6.33 Å². The second kappa shape index (κ2) is 2.51. The van der Waals surface area contributed by atoms with E-state index in [9.17, 15) is 0 Å². The van der Waals surface area contributed by atoms with Crippen LogP contribution in [0.4, 0.5) is 5.82 Å². The molecule has 0 spiro atoms. The van der Waals surface area contributed by atoms with Crippen LogP contribution in [0, 0.1) is 0 Å². The Morgan fingerprint density at radius 1 is 1.75 bits per heavy atom. The van der Waals surface area contributed by atoms with E-state index in [-0.39, 0.29) is 0 Å². The first-order valence-electron chi connectivity index (χ1n) is 3.93. The van der Waals surface area contributed by atoms with Gasteiger partial charge in [0.1, 0.15) is 5.69 Å². The highest BCUT2D eigenvalue weighted by Crippen LogP contribution is 2.19. The topological polar surface area (TPSA) is 68.2 Å². The Kier molecular flexibility index (Phi) is 1.49. The minimum Gasteiger partial charge on any atom is -0.370 e. The molecule has 0 saturated carbocycles. The maximum atomic E-state index is 5.53. The van der Waals surface area contributed by atoms with Crippen molar-refractivity contribution < 1.29 is 0 Å². The third-order valence-corrected chi connectivity index (χ3v) is 1.89. The number of rotatable bonds is 1. The van der Waals surface area contributed by atoms with Gasteiger partial charge in [-0.3, -0.25) is 0 Å². The van der Waals surface area contributed by atoms with Gasteiger partial charge in [-0.2, -0.15) is 4.99 Å². The van der Waals surface area contributed by atoms with Crippen LogP contribution in [-0.4, -0.2) is 15.5 Å². The Morgan fingerprint density at radius 2 is 2.58 bits per heavy atom. The van der Waals surface area contributed by atoms with Crippen molar-refractivity contribution in [2.45, 2.75) is 20.0 Å². The number of guanidine groups is 1.